The number of likely N-dealkylation sites (N-methyl/N-ethyl adjacent to an activating group) is 1. The lowest BCUT2D eigenvalue weighted by molar-refractivity contribution is -0.150. The summed E-state index contributed by atoms with van der Waals surface area (Å²) in [7, 11) is 1.89. The van der Waals surface area contributed by atoms with Crippen LogP contribution in [-0.4, -0.2) is 43.7 Å². The van der Waals surface area contributed by atoms with Gasteiger partial charge in [-0.2, -0.15) is 0 Å². The first-order chi connectivity index (χ1) is 8.57. The first-order valence-electron chi connectivity index (χ1n) is 7.14. The Morgan fingerprint density at radius 1 is 1.44 bits per heavy atom. The molecule has 0 bridgehead atoms. The SMILES string of the molecule is CC1CC(CN)(C(=O)N(C)CC2CCCCO2)C1. The minimum absolute atomic E-state index is 0.220. The van der Waals surface area contributed by atoms with Gasteiger partial charge in [-0.05, 0) is 38.0 Å². The van der Waals surface area contributed by atoms with E-state index in [2.05, 4.69) is 6.92 Å². The van der Waals surface area contributed by atoms with E-state index in [1.807, 2.05) is 11.9 Å². The number of hydrogen-bond acceptors (Lipinski definition) is 3. The summed E-state index contributed by atoms with van der Waals surface area (Å²) >= 11 is 0. The quantitative estimate of drug-likeness (QED) is 0.825. The third kappa shape index (κ3) is 2.69. The molecule has 2 N–H and O–H groups in total. The van der Waals surface area contributed by atoms with Crippen LogP contribution in [0.4, 0.5) is 0 Å². The first kappa shape index (κ1) is 13.8. The minimum Gasteiger partial charge on any atom is -0.376 e. The topological polar surface area (TPSA) is 55.6 Å². The second kappa shape index (κ2) is 5.57. The number of carbonyl (C=O) groups is 1. The van der Waals surface area contributed by atoms with E-state index in [4.69, 9.17) is 10.5 Å². The Balaban J connectivity index is 1.87. The van der Waals surface area contributed by atoms with E-state index in [0.717, 1.165) is 38.8 Å². The van der Waals surface area contributed by atoms with Crippen LogP contribution in [0.3, 0.4) is 0 Å². The molecule has 4 nitrogen and oxygen atoms in total. The Labute approximate surface area is 110 Å². The molecule has 1 amide bonds. The fraction of sp³-hybridized carbons (Fsp3) is 0.929. The van der Waals surface area contributed by atoms with Gasteiger partial charge < -0.3 is 15.4 Å². The molecular weight excluding hydrogens is 228 g/mol. The number of rotatable bonds is 4. The molecule has 1 aliphatic heterocycles. The van der Waals surface area contributed by atoms with Gasteiger partial charge in [-0.3, -0.25) is 4.79 Å². The van der Waals surface area contributed by atoms with Gasteiger partial charge in [-0.25, -0.2) is 0 Å². The van der Waals surface area contributed by atoms with Crippen molar-refractivity contribution in [2.75, 3.05) is 26.7 Å². The van der Waals surface area contributed by atoms with Crippen molar-refractivity contribution in [2.24, 2.45) is 17.1 Å². The molecule has 2 aliphatic rings. The Morgan fingerprint density at radius 3 is 2.67 bits per heavy atom. The second-order valence-corrected chi connectivity index (χ2v) is 6.17. The Kier molecular flexibility index (Phi) is 4.28. The second-order valence-electron chi connectivity index (χ2n) is 6.17. The molecule has 1 aliphatic carbocycles. The molecule has 0 spiro atoms. The zero-order chi connectivity index (χ0) is 13.2. The Morgan fingerprint density at radius 2 is 2.17 bits per heavy atom. The fourth-order valence-electron chi connectivity index (χ4n) is 3.45. The third-order valence-electron chi connectivity index (χ3n) is 4.42. The van der Waals surface area contributed by atoms with Gasteiger partial charge in [-0.15, -0.1) is 0 Å². The molecule has 1 saturated carbocycles. The predicted molar refractivity (Wildman–Crippen MR) is 71.1 cm³/mol. The van der Waals surface area contributed by atoms with Crippen molar-refractivity contribution in [2.45, 2.75) is 45.1 Å². The highest BCUT2D eigenvalue weighted by atomic mass is 16.5. The van der Waals surface area contributed by atoms with Gasteiger partial charge in [0.15, 0.2) is 0 Å². The van der Waals surface area contributed by atoms with E-state index in [1.165, 1.54) is 6.42 Å². The summed E-state index contributed by atoms with van der Waals surface area (Å²) in [6.07, 6.45) is 5.55. The monoisotopic (exact) mass is 254 g/mol. The van der Waals surface area contributed by atoms with Crippen molar-refractivity contribution < 1.29 is 9.53 Å². The van der Waals surface area contributed by atoms with Gasteiger partial charge in [0.25, 0.3) is 0 Å². The van der Waals surface area contributed by atoms with Crippen LogP contribution in [0.2, 0.25) is 0 Å². The molecule has 4 heteroatoms. The number of nitrogens with two attached hydrogens (primary N) is 1. The Hall–Kier alpha value is -0.610. The van der Waals surface area contributed by atoms with Gasteiger partial charge >= 0.3 is 0 Å². The summed E-state index contributed by atoms with van der Waals surface area (Å²) in [5.41, 5.74) is 5.55. The summed E-state index contributed by atoms with van der Waals surface area (Å²) in [6.45, 7) is 4.22. The molecule has 0 aromatic carbocycles. The van der Waals surface area contributed by atoms with Crippen LogP contribution in [0.25, 0.3) is 0 Å². The van der Waals surface area contributed by atoms with Gasteiger partial charge in [0.05, 0.1) is 11.5 Å². The number of nitrogens with zero attached hydrogens (tertiary/aromatic N) is 1. The average molecular weight is 254 g/mol. The van der Waals surface area contributed by atoms with Crippen LogP contribution >= 0.6 is 0 Å². The van der Waals surface area contributed by atoms with Gasteiger partial charge in [-0.1, -0.05) is 6.92 Å². The van der Waals surface area contributed by atoms with E-state index in [-0.39, 0.29) is 17.4 Å². The van der Waals surface area contributed by atoms with Gasteiger partial charge in [0.1, 0.15) is 0 Å². The lowest BCUT2D eigenvalue weighted by Crippen LogP contribution is -2.55. The van der Waals surface area contributed by atoms with Crippen LogP contribution < -0.4 is 5.73 Å². The summed E-state index contributed by atoms with van der Waals surface area (Å²) in [6, 6.07) is 0. The highest BCUT2D eigenvalue weighted by Gasteiger charge is 2.48. The van der Waals surface area contributed by atoms with Gasteiger partial charge in [0.2, 0.25) is 5.91 Å². The molecule has 0 radical (unpaired) electrons. The molecule has 1 saturated heterocycles. The summed E-state index contributed by atoms with van der Waals surface area (Å²) < 4.78 is 5.69. The highest BCUT2D eigenvalue weighted by Crippen LogP contribution is 2.45. The number of carbonyl (C=O) groups excluding carboxylic acids is 1. The molecule has 18 heavy (non-hydrogen) atoms. The van der Waals surface area contributed by atoms with Gasteiger partial charge in [0, 0.05) is 26.7 Å². The molecule has 2 rings (SSSR count). The van der Waals surface area contributed by atoms with E-state index in [9.17, 15) is 4.79 Å². The molecule has 104 valence electrons. The van der Waals surface area contributed by atoms with E-state index in [1.54, 1.807) is 0 Å². The van der Waals surface area contributed by atoms with Crippen molar-refractivity contribution in [3.8, 4) is 0 Å². The maximum Gasteiger partial charge on any atom is 0.229 e. The molecule has 0 aromatic heterocycles. The number of hydrogen-bond donors (Lipinski definition) is 1. The molecule has 0 aromatic rings. The predicted octanol–water partition coefficient (Wildman–Crippen LogP) is 1.39. The first-order valence-corrected chi connectivity index (χ1v) is 7.14. The van der Waals surface area contributed by atoms with Crippen LogP contribution in [0.5, 0.6) is 0 Å². The summed E-state index contributed by atoms with van der Waals surface area (Å²) in [5.74, 6) is 0.856. The number of amides is 1. The zero-order valence-corrected chi connectivity index (χ0v) is 11.7. The summed E-state index contributed by atoms with van der Waals surface area (Å²) in [5, 5.41) is 0. The Bertz CT molecular complexity index is 294. The zero-order valence-electron chi connectivity index (χ0n) is 11.7. The maximum absolute atomic E-state index is 12.5. The third-order valence-corrected chi connectivity index (χ3v) is 4.42. The lowest BCUT2D eigenvalue weighted by Gasteiger charge is -2.46. The van der Waals surface area contributed by atoms with Crippen molar-refractivity contribution in [3.63, 3.8) is 0 Å². The van der Waals surface area contributed by atoms with Crippen LogP contribution in [0, 0.1) is 11.3 Å². The molecule has 1 atom stereocenters. The largest absolute Gasteiger partial charge is 0.376 e. The molecule has 1 unspecified atom stereocenters. The number of ether oxygens (including phenoxy) is 1. The average Bonchev–Trinajstić information content (AvgIpc) is 2.35. The van der Waals surface area contributed by atoms with Crippen molar-refractivity contribution in [1.29, 1.82) is 0 Å². The van der Waals surface area contributed by atoms with Crippen LogP contribution in [0.1, 0.15) is 39.0 Å². The van der Waals surface area contributed by atoms with Crippen molar-refractivity contribution >= 4 is 5.91 Å². The fourth-order valence-corrected chi connectivity index (χ4v) is 3.45. The summed E-state index contributed by atoms with van der Waals surface area (Å²) in [4.78, 5) is 14.3. The molecular formula is C14H26N2O2. The van der Waals surface area contributed by atoms with Crippen LogP contribution in [-0.2, 0) is 9.53 Å². The maximum atomic E-state index is 12.5. The minimum atomic E-state index is -0.275. The smallest absolute Gasteiger partial charge is 0.229 e. The van der Waals surface area contributed by atoms with Crippen molar-refractivity contribution in [3.05, 3.63) is 0 Å². The highest BCUT2D eigenvalue weighted by molar-refractivity contribution is 5.83. The molecule has 2 fully saturated rings. The van der Waals surface area contributed by atoms with E-state index in [0.29, 0.717) is 12.5 Å². The van der Waals surface area contributed by atoms with E-state index >= 15 is 0 Å². The van der Waals surface area contributed by atoms with Crippen LogP contribution in [0.15, 0.2) is 0 Å². The van der Waals surface area contributed by atoms with Crippen molar-refractivity contribution in [1.82, 2.24) is 4.90 Å². The standard InChI is InChI=1S/C14H26N2O2/c1-11-7-14(8-11,10-15)13(17)16(2)9-12-5-3-4-6-18-12/h11-12H,3-10,15H2,1-2H3. The molecule has 1 heterocycles. The van der Waals surface area contributed by atoms with E-state index < -0.39 is 0 Å². The lowest BCUT2D eigenvalue weighted by atomic mass is 9.62. The normalized spacial score (nSPS) is 35.9.